The molecule has 13 rings (SSSR count). The summed E-state index contributed by atoms with van der Waals surface area (Å²) < 4.78 is 1.33. The van der Waals surface area contributed by atoms with Gasteiger partial charge in [0, 0.05) is 52.7 Å². The van der Waals surface area contributed by atoms with E-state index in [9.17, 15) is 0 Å². The van der Waals surface area contributed by atoms with Crippen molar-refractivity contribution >= 4 is 88.0 Å². The zero-order valence-corrected chi connectivity index (χ0v) is 51.5. The van der Waals surface area contributed by atoms with E-state index in [0.29, 0.717) is 0 Å². The lowest BCUT2D eigenvalue weighted by Gasteiger charge is -2.47. The summed E-state index contributed by atoms with van der Waals surface area (Å²) in [5, 5.41) is 2.68. The van der Waals surface area contributed by atoms with Gasteiger partial charge in [0.05, 0.1) is 5.00 Å². The summed E-state index contributed by atoms with van der Waals surface area (Å²) in [6, 6.07) is 80.3. The number of rotatable bonds is 7. The van der Waals surface area contributed by atoms with E-state index in [1.54, 1.807) is 0 Å². The topological polar surface area (TPSA) is 6.48 Å². The van der Waals surface area contributed by atoms with Gasteiger partial charge in [-0.05, 0) is 198 Å². The molecule has 1 aromatic heterocycles. The van der Waals surface area contributed by atoms with Crippen LogP contribution in [0.1, 0.15) is 131 Å². The third-order valence-corrected chi connectivity index (χ3v) is 23.4. The van der Waals surface area contributed by atoms with Crippen molar-refractivity contribution in [3.63, 3.8) is 0 Å². The first-order valence-electron chi connectivity index (χ1n) is 29.4. The Morgan fingerprint density at radius 3 is 1.32 bits per heavy atom. The molecule has 0 amide bonds. The summed E-state index contributed by atoms with van der Waals surface area (Å²) in [6.07, 6.45) is 2.30. The molecule has 2 aliphatic heterocycles. The minimum Gasteiger partial charge on any atom is -0.311 e. The first kappa shape index (κ1) is 53.3. The van der Waals surface area contributed by atoms with Crippen LogP contribution in [0.25, 0.3) is 21.2 Å². The van der Waals surface area contributed by atoms with Crippen molar-refractivity contribution in [3.05, 3.63) is 234 Å². The van der Waals surface area contributed by atoms with Gasteiger partial charge in [-0.25, -0.2) is 0 Å². The van der Waals surface area contributed by atoms with Crippen LogP contribution in [0.15, 0.2) is 226 Å². The van der Waals surface area contributed by atoms with Gasteiger partial charge in [-0.3, -0.25) is 0 Å². The Morgan fingerprint density at radius 2 is 0.840 bits per heavy atom. The molecular formula is C76H77BN2S2. The number of anilines is 6. The van der Waals surface area contributed by atoms with Crippen molar-refractivity contribution in [3.8, 4) is 11.1 Å². The van der Waals surface area contributed by atoms with E-state index in [1.807, 2.05) is 11.3 Å². The number of benzene rings is 9. The highest BCUT2D eigenvalue weighted by atomic mass is 32.3. The van der Waals surface area contributed by atoms with E-state index in [2.05, 4.69) is 306 Å². The second-order valence-corrected chi connectivity index (χ2v) is 31.8. The third-order valence-electron chi connectivity index (χ3n) is 18.3. The van der Waals surface area contributed by atoms with Crippen LogP contribution in [0.3, 0.4) is 0 Å². The fourth-order valence-corrected chi connectivity index (χ4v) is 18.6. The van der Waals surface area contributed by atoms with Gasteiger partial charge < -0.3 is 9.80 Å². The number of hydrogen-bond acceptors (Lipinski definition) is 3. The maximum absolute atomic E-state index is 2.70. The van der Waals surface area contributed by atoms with Gasteiger partial charge in [0.25, 0.3) is 6.71 Å². The fraction of sp³-hybridized carbons (Fsp3) is 0.263. The Kier molecular flexibility index (Phi) is 12.5. The van der Waals surface area contributed by atoms with Crippen LogP contribution < -0.4 is 26.2 Å². The normalized spacial score (nSPS) is 15.7. The number of thiophene rings is 1. The minimum atomic E-state index is -1.89. The summed E-state index contributed by atoms with van der Waals surface area (Å²) in [5.74, 6) is 0. The number of fused-ring (bicyclic) bond motifs is 7. The van der Waals surface area contributed by atoms with Gasteiger partial charge in [-0.15, -0.1) is 21.4 Å². The molecule has 0 fully saturated rings. The molecule has 0 atom stereocenters. The van der Waals surface area contributed by atoms with E-state index in [0.717, 1.165) is 12.8 Å². The molecule has 406 valence electrons. The molecule has 10 aromatic rings. The maximum atomic E-state index is 2.70. The zero-order valence-electron chi connectivity index (χ0n) is 49.8. The molecule has 81 heavy (non-hydrogen) atoms. The fourth-order valence-electron chi connectivity index (χ4n) is 13.5. The van der Waals surface area contributed by atoms with E-state index in [4.69, 9.17) is 0 Å². The van der Waals surface area contributed by atoms with Crippen molar-refractivity contribution in [2.45, 2.75) is 150 Å². The average Bonchev–Trinajstić information content (AvgIpc) is 2.97. The van der Waals surface area contributed by atoms with Crippen molar-refractivity contribution in [2.24, 2.45) is 0 Å². The van der Waals surface area contributed by atoms with Crippen LogP contribution >= 0.6 is 21.4 Å². The smallest absolute Gasteiger partial charge is 0.254 e. The largest absolute Gasteiger partial charge is 0.311 e. The lowest BCUT2D eigenvalue weighted by Crippen LogP contribution is -2.61. The minimum absolute atomic E-state index is 0.00947. The van der Waals surface area contributed by atoms with Crippen molar-refractivity contribution in [2.75, 3.05) is 9.80 Å². The molecule has 0 saturated heterocycles. The van der Waals surface area contributed by atoms with Gasteiger partial charge in [-0.1, -0.05) is 199 Å². The number of nitrogens with zero attached hydrogens (tertiary/aromatic N) is 2. The summed E-state index contributed by atoms with van der Waals surface area (Å²) in [7, 11) is -1.89. The predicted molar refractivity (Wildman–Crippen MR) is 353 cm³/mol. The highest BCUT2D eigenvalue weighted by Crippen LogP contribution is 2.73. The zero-order chi connectivity index (χ0) is 56.6. The van der Waals surface area contributed by atoms with Crippen LogP contribution in [0, 0.1) is 0 Å². The second kappa shape index (κ2) is 19.0. The summed E-state index contributed by atoms with van der Waals surface area (Å²) in [6.45, 7) is 31.0. The Labute approximate surface area is 489 Å². The monoisotopic (exact) mass is 1090 g/mol. The Balaban J connectivity index is 1.13. The third kappa shape index (κ3) is 8.74. The number of hydrogen-bond donors (Lipinski definition) is 0. The van der Waals surface area contributed by atoms with Crippen molar-refractivity contribution in [1.29, 1.82) is 0 Å². The molecule has 2 nitrogen and oxygen atoms in total. The lowest BCUT2D eigenvalue weighted by atomic mass is 9.33. The van der Waals surface area contributed by atoms with Gasteiger partial charge in [0.2, 0.25) is 0 Å². The van der Waals surface area contributed by atoms with E-state index < -0.39 is 10.0 Å². The predicted octanol–water partition coefficient (Wildman–Crippen LogP) is 20.2. The van der Waals surface area contributed by atoms with Crippen LogP contribution in [-0.2, 0) is 27.1 Å². The average molecular weight is 1090 g/mol. The molecular weight excluding hydrogens is 1020 g/mol. The lowest BCUT2D eigenvalue weighted by molar-refractivity contribution is 0.332. The Hall–Kier alpha value is -7.05. The maximum Gasteiger partial charge on any atom is 0.254 e. The van der Waals surface area contributed by atoms with Gasteiger partial charge in [0.15, 0.2) is 0 Å². The first-order chi connectivity index (χ1) is 38.5. The molecule has 0 N–H and O–H groups in total. The van der Waals surface area contributed by atoms with Gasteiger partial charge in [0.1, 0.15) is 0 Å². The standard InChI is InChI=1S/C76H77BN2S2/c1-72(2,3)52-31-36-55(37-32-52)78-65-49-63-62(75(10,11)43-44-76(63,12)13)48-64(65)77-69-61-47-54(74(7,8)9)35-42-68(61)80-71(69)79(56-38-33-53(34-39-56)73(4,5)6)67-46-51(45-66(78)70(67)77)50-29-40-60(41-30-50)81(57-23-17-14-18-24-57,58-25-19-15-20-26-58)59-27-21-16-22-28-59/h14-42,45-49H,43-44H2,1-13H3. The molecule has 0 radical (unpaired) electrons. The molecule has 0 saturated carbocycles. The molecule has 3 heterocycles. The molecule has 1 aliphatic carbocycles. The Morgan fingerprint density at radius 1 is 0.407 bits per heavy atom. The van der Waals surface area contributed by atoms with Crippen LogP contribution in [0.4, 0.5) is 33.4 Å². The van der Waals surface area contributed by atoms with Crippen molar-refractivity contribution < 1.29 is 0 Å². The SMILES string of the molecule is CC(C)(C)c1ccc(N2c3cc4c(cc3B3c5c2cc(-c2ccc(S(c6ccccc6)(c6ccccc6)c6ccccc6)cc2)cc5N(c2ccc(C(C)(C)C)cc2)c2sc5ccc(C(C)(C)C)cc5c23)C(C)(C)CCC4(C)C)cc1. The summed E-state index contributed by atoms with van der Waals surface area (Å²) in [4.78, 5) is 10.6. The van der Waals surface area contributed by atoms with Crippen LogP contribution in [0.5, 0.6) is 0 Å². The van der Waals surface area contributed by atoms with Gasteiger partial charge >= 0.3 is 0 Å². The van der Waals surface area contributed by atoms with E-state index in [-0.39, 0.29) is 33.8 Å². The molecule has 0 unspecified atom stereocenters. The molecule has 9 aromatic carbocycles. The Bertz CT molecular complexity index is 3930. The highest BCUT2D eigenvalue weighted by Gasteiger charge is 2.48. The van der Waals surface area contributed by atoms with Crippen molar-refractivity contribution in [1.82, 2.24) is 0 Å². The van der Waals surface area contributed by atoms with Gasteiger partial charge in [-0.2, -0.15) is 0 Å². The van der Waals surface area contributed by atoms with Crippen LogP contribution in [0.2, 0.25) is 0 Å². The van der Waals surface area contributed by atoms with E-state index >= 15 is 0 Å². The highest BCUT2D eigenvalue weighted by molar-refractivity contribution is 8.34. The summed E-state index contributed by atoms with van der Waals surface area (Å²) >= 11 is 1.96. The quantitative estimate of drug-likeness (QED) is 0.147. The molecule has 3 aliphatic rings. The molecule has 0 bridgehead atoms. The summed E-state index contributed by atoms with van der Waals surface area (Å²) in [5.41, 5.74) is 19.8. The second-order valence-electron chi connectivity index (χ2n) is 27.7. The van der Waals surface area contributed by atoms with Crippen LogP contribution in [-0.4, -0.2) is 6.71 Å². The first-order valence-corrected chi connectivity index (χ1v) is 31.8. The molecule has 5 heteroatoms. The van der Waals surface area contributed by atoms with E-state index in [1.165, 1.54) is 118 Å². The molecule has 0 spiro atoms.